The fraction of sp³-hybridized carbons (Fsp3) is 0.312. The van der Waals surface area contributed by atoms with E-state index in [0.29, 0.717) is 17.4 Å². The fourth-order valence-corrected chi connectivity index (χ4v) is 1.78. The quantitative estimate of drug-likeness (QED) is 0.905. The third-order valence-electron chi connectivity index (χ3n) is 2.64. The molecule has 0 aliphatic heterocycles. The van der Waals surface area contributed by atoms with E-state index in [1.165, 1.54) is 0 Å². The molecule has 3 nitrogen and oxygen atoms in total. The van der Waals surface area contributed by atoms with E-state index in [-0.39, 0.29) is 5.54 Å². The highest BCUT2D eigenvalue weighted by Gasteiger charge is 2.12. The molecule has 2 aromatic rings. The van der Waals surface area contributed by atoms with Gasteiger partial charge in [0.2, 0.25) is 5.88 Å². The highest BCUT2D eigenvalue weighted by Crippen LogP contribution is 2.23. The summed E-state index contributed by atoms with van der Waals surface area (Å²) in [5.74, 6) is 1.31. The summed E-state index contributed by atoms with van der Waals surface area (Å²) >= 11 is 6.17. The molecule has 0 unspecified atom stereocenters. The molecule has 0 saturated heterocycles. The normalized spacial score (nSPS) is 11.4. The van der Waals surface area contributed by atoms with Crippen molar-refractivity contribution in [2.45, 2.75) is 32.9 Å². The number of pyridine rings is 1. The highest BCUT2D eigenvalue weighted by atomic mass is 35.5. The van der Waals surface area contributed by atoms with Gasteiger partial charge in [-0.2, -0.15) is 0 Å². The van der Waals surface area contributed by atoms with Crippen LogP contribution in [0, 0.1) is 0 Å². The second-order valence-corrected chi connectivity index (χ2v) is 6.00. The summed E-state index contributed by atoms with van der Waals surface area (Å²) in [6.07, 6.45) is 0. The minimum Gasteiger partial charge on any atom is -0.439 e. The second kappa shape index (κ2) is 6.25. The number of hydrogen-bond acceptors (Lipinski definition) is 3. The Morgan fingerprint density at radius 1 is 1.10 bits per heavy atom. The Morgan fingerprint density at radius 2 is 1.80 bits per heavy atom. The molecule has 0 bridgehead atoms. The molecule has 0 fully saturated rings. The molecule has 20 heavy (non-hydrogen) atoms. The molecule has 0 aliphatic rings. The van der Waals surface area contributed by atoms with E-state index in [9.17, 15) is 0 Å². The van der Waals surface area contributed by atoms with Crippen molar-refractivity contribution in [3.63, 3.8) is 0 Å². The summed E-state index contributed by atoms with van der Waals surface area (Å²) in [6.45, 7) is 6.91. The maximum absolute atomic E-state index is 6.17. The van der Waals surface area contributed by atoms with E-state index < -0.39 is 0 Å². The van der Waals surface area contributed by atoms with Crippen LogP contribution >= 0.6 is 11.6 Å². The third-order valence-corrected chi connectivity index (χ3v) is 2.99. The van der Waals surface area contributed by atoms with Crippen LogP contribution < -0.4 is 10.1 Å². The smallest absolute Gasteiger partial charge is 0.219 e. The SMILES string of the molecule is CC(C)(C)NCc1nc(Oc2ccccc2)ccc1Cl. The minimum absolute atomic E-state index is 0.0152. The van der Waals surface area contributed by atoms with Gasteiger partial charge in [0.1, 0.15) is 5.75 Å². The molecular weight excluding hydrogens is 272 g/mol. The monoisotopic (exact) mass is 290 g/mol. The van der Waals surface area contributed by atoms with Crippen LogP contribution in [0.3, 0.4) is 0 Å². The van der Waals surface area contributed by atoms with Crippen LogP contribution in [0.25, 0.3) is 0 Å². The van der Waals surface area contributed by atoms with Gasteiger partial charge in [0.15, 0.2) is 0 Å². The van der Waals surface area contributed by atoms with E-state index >= 15 is 0 Å². The molecule has 106 valence electrons. The maximum Gasteiger partial charge on any atom is 0.219 e. The Labute approximate surface area is 124 Å². The fourth-order valence-electron chi connectivity index (χ4n) is 1.60. The summed E-state index contributed by atoms with van der Waals surface area (Å²) in [5, 5.41) is 4.01. The van der Waals surface area contributed by atoms with Crippen LogP contribution in [0.15, 0.2) is 42.5 Å². The number of rotatable bonds is 4. The van der Waals surface area contributed by atoms with E-state index in [1.54, 1.807) is 6.07 Å². The van der Waals surface area contributed by atoms with E-state index in [0.717, 1.165) is 11.4 Å². The molecule has 0 aliphatic carbocycles. The van der Waals surface area contributed by atoms with Gasteiger partial charge in [-0.1, -0.05) is 29.8 Å². The molecule has 1 aromatic carbocycles. The zero-order valence-corrected chi connectivity index (χ0v) is 12.7. The van der Waals surface area contributed by atoms with Crippen molar-refractivity contribution in [2.24, 2.45) is 0 Å². The predicted octanol–water partition coefficient (Wildman–Crippen LogP) is 4.42. The molecular formula is C16H19ClN2O. The lowest BCUT2D eigenvalue weighted by molar-refractivity contribution is 0.416. The van der Waals surface area contributed by atoms with Gasteiger partial charge in [0.05, 0.1) is 10.7 Å². The van der Waals surface area contributed by atoms with Gasteiger partial charge >= 0.3 is 0 Å². The summed E-state index contributed by atoms with van der Waals surface area (Å²) < 4.78 is 5.71. The maximum atomic E-state index is 6.17. The molecule has 0 radical (unpaired) electrons. The largest absolute Gasteiger partial charge is 0.439 e. The number of nitrogens with zero attached hydrogens (tertiary/aromatic N) is 1. The van der Waals surface area contributed by atoms with Crippen molar-refractivity contribution in [1.29, 1.82) is 0 Å². The Kier molecular flexibility index (Phi) is 4.63. The van der Waals surface area contributed by atoms with E-state index in [1.807, 2.05) is 36.4 Å². The van der Waals surface area contributed by atoms with Crippen LogP contribution in [0.2, 0.25) is 5.02 Å². The standard InChI is InChI=1S/C16H19ClN2O/c1-16(2,3)18-11-14-13(17)9-10-15(19-14)20-12-7-5-4-6-8-12/h4-10,18H,11H2,1-3H3. The highest BCUT2D eigenvalue weighted by molar-refractivity contribution is 6.31. The average Bonchev–Trinajstić information content (AvgIpc) is 2.40. The lowest BCUT2D eigenvalue weighted by Gasteiger charge is -2.20. The summed E-state index contributed by atoms with van der Waals surface area (Å²) in [4.78, 5) is 4.45. The van der Waals surface area contributed by atoms with Crippen LogP contribution in [0.4, 0.5) is 0 Å². The number of nitrogens with one attached hydrogen (secondary N) is 1. The first-order chi connectivity index (χ1) is 9.44. The van der Waals surface area contributed by atoms with Gasteiger partial charge in [-0.05, 0) is 39.0 Å². The van der Waals surface area contributed by atoms with Crippen molar-refractivity contribution in [3.8, 4) is 11.6 Å². The first-order valence-electron chi connectivity index (χ1n) is 6.57. The number of halogens is 1. The van der Waals surface area contributed by atoms with Crippen LogP contribution in [-0.4, -0.2) is 10.5 Å². The molecule has 4 heteroatoms. The van der Waals surface area contributed by atoms with Crippen LogP contribution in [0.5, 0.6) is 11.6 Å². The summed E-state index contributed by atoms with van der Waals surface area (Å²) in [7, 11) is 0. The van der Waals surface area contributed by atoms with Gasteiger partial charge in [-0.15, -0.1) is 0 Å². The third kappa shape index (κ3) is 4.51. The lowest BCUT2D eigenvalue weighted by atomic mass is 10.1. The Bertz CT molecular complexity index is 564. The molecule has 0 amide bonds. The molecule has 1 aromatic heterocycles. The van der Waals surface area contributed by atoms with Crippen molar-refractivity contribution in [3.05, 3.63) is 53.2 Å². The van der Waals surface area contributed by atoms with Crippen LogP contribution in [-0.2, 0) is 6.54 Å². The van der Waals surface area contributed by atoms with Gasteiger partial charge in [-0.3, -0.25) is 0 Å². The van der Waals surface area contributed by atoms with E-state index in [2.05, 4.69) is 31.1 Å². The Morgan fingerprint density at radius 3 is 2.45 bits per heavy atom. The van der Waals surface area contributed by atoms with Crippen molar-refractivity contribution >= 4 is 11.6 Å². The Hall–Kier alpha value is -1.58. The molecule has 0 spiro atoms. The van der Waals surface area contributed by atoms with Crippen molar-refractivity contribution in [1.82, 2.24) is 10.3 Å². The molecule has 1 N–H and O–H groups in total. The molecule has 0 saturated carbocycles. The minimum atomic E-state index is 0.0152. The molecule has 0 atom stereocenters. The number of benzene rings is 1. The van der Waals surface area contributed by atoms with Crippen molar-refractivity contribution < 1.29 is 4.74 Å². The first-order valence-corrected chi connectivity index (χ1v) is 6.95. The predicted molar refractivity (Wildman–Crippen MR) is 82.4 cm³/mol. The number of aromatic nitrogens is 1. The molecule has 1 heterocycles. The second-order valence-electron chi connectivity index (χ2n) is 5.60. The average molecular weight is 291 g/mol. The van der Waals surface area contributed by atoms with Gasteiger partial charge in [-0.25, -0.2) is 4.98 Å². The topological polar surface area (TPSA) is 34.2 Å². The van der Waals surface area contributed by atoms with Gasteiger partial charge in [0.25, 0.3) is 0 Å². The number of para-hydroxylation sites is 1. The summed E-state index contributed by atoms with van der Waals surface area (Å²) in [6, 6.07) is 13.2. The van der Waals surface area contributed by atoms with E-state index in [4.69, 9.17) is 16.3 Å². The molecule has 2 rings (SSSR count). The zero-order chi connectivity index (χ0) is 14.6. The van der Waals surface area contributed by atoms with Crippen LogP contribution in [0.1, 0.15) is 26.5 Å². The first kappa shape index (κ1) is 14.8. The Balaban J connectivity index is 2.12. The van der Waals surface area contributed by atoms with Gasteiger partial charge in [0, 0.05) is 18.2 Å². The lowest BCUT2D eigenvalue weighted by Crippen LogP contribution is -2.35. The zero-order valence-electron chi connectivity index (χ0n) is 12.0. The number of hydrogen-bond donors (Lipinski definition) is 1. The van der Waals surface area contributed by atoms with Crippen molar-refractivity contribution in [2.75, 3.05) is 0 Å². The summed E-state index contributed by atoms with van der Waals surface area (Å²) in [5.41, 5.74) is 0.802. The number of ether oxygens (including phenoxy) is 1. The van der Waals surface area contributed by atoms with Gasteiger partial charge < -0.3 is 10.1 Å².